The number of benzene rings is 1. The lowest BCUT2D eigenvalue weighted by Gasteiger charge is -2.45. The number of carbonyl (C=O) groups is 1. The van der Waals surface area contributed by atoms with Crippen LogP contribution in [0, 0.1) is 5.92 Å². The van der Waals surface area contributed by atoms with Crippen LogP contribution in [-0.2, 0) is 4.74 Å². The number of amides is 1. The number of rotatable bonds is 2. The van der Waals surface area contributed by atoms with E-state index in [0.717, 1.165) is 13.0 Å². The molecule has 0 radical (unpaired) electrons. The fraction of sp³-hybridized carbons (Fsp3) is 0.462. The molecule has 3 rings (SSSR count). The second kappa shape index (κ2) is 4.94. The van der Waals surface area contributed by atoms with Gasteiger partial charge in [-0.05, 0) is 24.6 Å². The molecule has 4 nitrogen and oxygen atoms in total. The summed E-state index contributed by atoms with van der Waals surface area (Å²) in [6.07, 6.45) is 1.03. The smallest absolute Gasteiger partial charge is 0.251 e. The van der Waals surface area contributed by atoms with Gasteiger partial charge in [-0.3, -0.25) is 4.79 Å². The number of hydrogen-bond donors (Lipinski definition) is 2. The molecule has 4 atom stereocenters. The average Bonchev–Trinajstić information content (AvgIpc) is 2.83. The monoisotopic (exact) mass is 300 g/mol. The summed E-state index contributed by atoms with van der Waals surface area (Å²) < 4.78 is 5.57. The number of ether oxygens (including phenoxy) is 1. The molecule has 1 saturated heterocycles. The fourth-order valence-corrected chi connectivity index (χ4v) is 3.10. The summed E-state index contributed by atoms with van der Waals surface area (Å²) in [7, 11) is 0. The van der Waals surface area contributed by atoms with E-state index in [0.29, 0.717) is 21.5 Å². The molecule has 1 saturated carbocycles. The van der Waals surface area contributed by atoms with E-state index in [1.165, 1.54) is 0 Å². The quantitative estimate of drug-likeness (QED) is 0.876. The highest BCUT2D eigenvalue weighted by Crippen LogP contribution is 2.37. The molecule has 1 heterocycles. The van der Waals surface area contributed by atoms with E-state index >= 15 is 0 Å². The van der Waals surface area contributed by atoms with Crippen LogP contribution in [0.4, 0.5) is 0 Å². The van der Waals surface area contributed by atoms with Crippen LogP contribution in [0.5, 0.6) is 0 Å². The second-order valence-corrected chi connectivity index (χ2v) is 5.81. The van der Waals surface area contributed by atoms with Gasteiger partial charge in [0.15, 0.2) is 0 Å². The van der Waals surface area contributed by atoms with Crippen LogP contribution in [0.25, 0.3) is 0 Å². The van der Waals surface area contributed by atoms with Gasteiger partial charge < -0.3 is 15.8 Å². The molecule has 1 aromatic rings. The van der Waals surface area contributed by atoms with Crippen molar-refractivity contribution in [3.63, 3.8) is 0 Å². The lowest BCUT2D eigenvalue weighted by molar-refractivity contribution is -0.0161. The summed E-state index contributed by atoms with van der Waals surface area (Å²) in [5.74, 6) is 0.173. The first-order chi connectivity index (χ1) is 9.08. The third-order valence-electron chi connectivity index (χ3n) is 3.93. The molecule has 1 aromatic carbocycles. The van der Waals surface area contributed by atoms with Crippen molar-refractivity contribution in [1.82, 2.24) is 5.32 Å². The maximum absolute atomic E-state index is 12.1. The molecule has 2 aliphatic rings. The maximum Gasteiger partial charge on any atom is 0.251 e. The molecule has 0 spiro atoms. The summed E-state index contributed by atoms with van der Waals surface area (Å²) >= 11 is 11.7. The number of fused-ring (bicyclic) bond motifs is 1. The largest absolute Gasteiger partial charge is 0.376 e. The maximum atomic E-state index is 12.1. The van der Waals surface area contributed by atoms with Crippen LogP contribution < -0.4 is 11.1 Å². The molecule has 1 aliphatic heterocycles. The second-order valence-electron chi connectivity index (χ2n) is 4.99. The van der Waals surface area contributed by atoms with Crippen molar-refractivity contribution < 1.29 is 9.53 Å². The van der Waals surface area contributed by atoms with E-state index in [1.807, 2.05) is 0 Å². The highest BCUT2D eigenvalue weighted by atomic mass is 35.5. The lowest BCUT2D eigenvalue weighted by atomic mass is 9.72. The molecule has 19 heavy (non-hydrogen) atoms. The lowest BCUT2D eigenvalue weighted by Crippen LogP contribution is -2.68. The van der Waals surface area contributed by atoms with Gasteiger partial charge in [0.25, 0.3) is 5.91 Å². The Labute approximate surface area is 121 Å². The predicted molar refractivity (Wildman–Crippen MR) is 73.5 cm³/mol. The van der Waals surface area contributed by atoms with Crippen LogP contribution in [-0.4, -0.2) is 30.7 Å². The highest BCUT2D eigenvalue weighted by Gasteiger charge is 2.52. The van der Waals surface area contributed by atoms with Gasteiger partial charge >= 0.3 is 0 Å². The minimum Gasteiger partial charge on any atom is -0.376 e. The van der Waals surface area contributed by atoms with E-state index in [2.05, 4.69) is 5.32 Å². The molecule has 6 heteroatoms. The van der Waals surface area contributed by atoms with Gasteiger partial charge in [-0.25, -0.2) is 0 Å². The van der Waals surface area contributed by atoms with Gasteiger partial charge in [-0.1, -0.05) is 23.2 Å². The van der Waals surface area contributed by atoms with E-state index in [1.54, 1.807) is 18.2 Å². The number of hydrogen-bond acceptors (Lipinski definition) is 3. The summed E-state index contributed by atoms with van der Waals surface area (Å²) in [6.45, 7) is 0.724. The van der Waals surface area contributed by atoms with Crippen LogP contribution in [0.2, 0.25) is 10.0 Å². The molecule has 1 aliphatic carbocycles. The number of carbonyl (C=O) groups excluding carboxylic acids is 1. The van der Waals surface area contributed by atoms with Crippen molar-refractivity contribution in [3.8, 4) is 0 Å². The number of nitrogens with two attached hydrogens (primary N) is 1. The molecule has 1 amide bonds. The fourth-order valence-electron chi connectivity index (χ4n) is 2.80. The molecule has 4 unspecified atom stereocenters. The van der Waals surface area contributed by atoms with Crippen molar-refractivity contribution >= 4 is 29.1 Å². The van der Waals surface area contributed by atoms with Gasteiger partial charge in [-0.2, -0.15) is 0 Å². The highest BCUT2D eigenvalue weighted by molar-refractivity contribution is 6.42. The van der Waals surface area contributed by atoms with Crippen LogP contribution >= 0.6 is 23.2 Å². The summed E-state index contributed by atoms with van der Waals surface area (Å²) in [5, 5.41) is 3.70. The molecule has 0 bridgehead atoms. The molecule has 102 valence electrons. The Hall–Kier alpha value is -0.810. The molecule has 2 fully saturated rings. The van der Waals surface area contributed by atoms with E-state index < -0.39 is 0 Å². The van der Waals surface area contributed by atoms with Crippen molar-refractivity contribution in [1.29, 1.82) is 0 Å². The van der Waals surface area contributed by atoms with E-state index in [4.69, 9.17) is 33.7 Å². The summed E-state index contributed by atoms with van der Waals surface area (Å²) in [6, 6.07) is 4.65. The number of halogens is 2. The minimum absolute atomic E-state index is 0.0285. The van der Waals surface area contributed by atoms with Crippen molar-refractivity contribution in [2.24, 2.45) is 11.7 Å². The van der Waals surface area contributed by atoms with E-state index in [9.17, 15) is 4.79 Å². The summed E-state index contributed by atoms with van der Waals surface area (Å²) in [4.78, 5) is 12.1. The van der Waals surface area contributed by atoms with Crippen LogP contribution in [0.1, 0.15) is 16.8 Å². The van der Waals surface area contributed by atoms with Crippen LogP contribution in [0.15, 0.2) is 18.2 Å². The van der Waals surface area contributed by atoms with Crippen molar-refractivity contribution in [3.05, 3.63) is 33.8 Å². The zero-order valence-corrected chi connectivity index (χ0v) is 11.6. The Balaban J connectivity index is 1.70. The van der Waals surface area contributed by atoms with Crippen molar-refractivity contribution in [2.45, 2.75) is 24.6 Å². The van der Waals surface area contributed by atoms with Gasteiger partial charge in [0.1, 0.15) is 0 Å². The molecular weight excluding hydrogens is 287 g/mol. The van der Waals surface area contributed by atoms with Gasteiger partial charge in [0.05, 0.1) is 22.2 Å². The third kappa shape index (κ3) is 2.23. The first kappa shape index (κ1) is 13.2. The van der Waals surface area contributed by atoms with Gasteiger partial charge in [0.2, 0.25) is 0 Å². The van der Waals surface area contributed by atoms with Crippen LogP contribution in [0.3, 0.4) is 0 Å². The van der Waals surface area contributed by atoms with Gasteiger partial charge in [0, 0.05) is 24.1 Å². The van der Waals surface area contributed by atoms with Gasteiger partial charge in [-0.15, -0.1) is 0 Å². The third-order valence-corrected chi connectivity index (χ3v) is 4.67. The Morgan fingerprint density at radius 3 is 2.89 bits per heavy atom. The molecular formula is C13H14Cl2N2O2. The topological polar surface area (TPSA) is 64.3 Å². The first-order valence-corrected chi connectivity index (χ1v) is 6.96. The Morgan fingerprint density at radius 2 is 2.16 bits per heavy atom. The zero-order chi connectivity index (χ0) is 13.6. The zero-order valence-electron chi connectivity index (χ0n) is 10.1. The van der Waals surface area contributed by atoms with Crippen molar-refractivity contribution in [2.75, 3.05) is 6.61 Å². The Bertz CT molecular complexity index is 523. The standard InChI is InChI=1S/C13H14Cl2N2O2/c14-8-2-1-6(5-9(8)15)13(18)17-11-10(16)7-3-4-19-12(7)11/h1-2,5,7,10-12H,3-4,16H2,(H,17,18). The molecule has 0 aromatic heterocycles. The Morgan fingerprint density at radius 1 is 1.37 bits per heavy atom. The average molecular weight is 301 g/mol. The first-order valence-electron chi connectivity index (χ1n) is 6.21. The van der Waals surface area contributed by atoms with E-state index in [-0.39, 0.29) is 24.1 Å². The minimum atomic E-state index is -0.201. The SMILES string of the molecule is NC1C2CCOC2C1NC(=O)c1ccc(Cl)c(Cl)c1. The predicted octanol–water partition coefficient (Wildman–Crippen LogP) is 1.84. The Kier molecular flexibility index (Phi) is 3.43. The number of nitrogens with one attached hydrogen (secondary N) is 1. The normalized spacial score (nSPS) is 32.6. The summed E-state index contributed by atoms with van der Waals surface area (Å²) in [5.41, 5.74) is 6.52. The molecule has 3 N–H and O–H groups in total.